The van der Waals surface area contributed by atoms with E-state index in [9.17, 15) is 23.5 Å². The molecule has 0 heterocycles. The number of halogens is 2. The fourth-order valence-corrected chi connectivity index (χ4v) is 2.65. The Morgan fingerprint density at radius 2 is 1.73 bits per heavy atom. The van der Waals surface area contributed by atoms with Gasteiger partial charge in [0, 0.05) is 0 Å². The maximum atomic E-state index is 14.8. The van der Waals surface area contributed by atoms with Gasteiger partial charge >= 0.3 is 18.0 Å². The summed E-state index contributed by atoms with van der Waals surface area (Å²) in [5.74, 6) is -7.02. The maximum Gasteiger partial charge on any atom is 0.407 e. The Balaban J connectivity index is 2.91. The Bertz CT molecular complexity index is 703. The number of carbonyl (C=O) groups excluding carboxylic acids is 2. The fourth-order valence-electron chi connectivity index (χ4n) is 2.65. The highest BCUT2D eigenvalue weighted by Gasteiger charge is 2.58. The van der Waals surface area contributed by atoms with Crippen LogP contribution in [0.1, 0.15) is 46.6 Å². The van der Waals surface area contributed by atoms with Crippen LogP contribution in [-0.4, -0.2) is 41.0 Å². The third kappa shape index (κ3) is 7.87. The summed E-state index contributed by atoms with van der Waals surface area (Å²) in [6.07, 6.45) is -1.23. The SMILES string of the molecule is CC(C)CC(C(=O)OCc1ccccc1)C(N)(O)C(F)(F)CNC(=O)OC(C)(C)C. The lowest BCUT2D eigenvalue weighted by Crippen LogP contribution is -2.66. The number of esters is 1. The van der Waals surface area contributed by atoms with E-state index in [0.29, 0.717) is 5.56 Å². The normalized spacial score (nSPS) is 15.3. The van der Waals surface area contributed by atoms with Crippen LogP contribution >= 0.6 is 0 Å². The summed E-state index contributed by atoms with van der Waals surface area (Å²) in [7, 11) is 0. The molecule has 2 atom stereocenters. The summed E-state index contributed by atoms with van der Waals surface area (Å²) < 4.78 is 39.6. The molecule has 0 spiro atoms. The Hall–Kier alpha value is -2.26. The zero-order chi connectivity index (χ0) is 23.2. The fraction of sp³-hybridized carbons (Fsp3) is 0.619. The summed E-state index contributed by atoms with van der Waals surface area (Å²) in [6, 6.07) is 8.68. The first kappa shape index (κ1) is 25.8. The Labute approximate surface area is 175 Å². The number of rotatable bonds is 9. The summed E-state index contributed by atoms with van der Waals surface area (Å²) in [5.41, 5.74) is 2.10. The van der Waals surface area contributed by atoms with Crippen LogP contribution in [0.15, 0.2) is 30.3 Å². The van der Waals surface area contributed by atoms with E-state index in [0.717, 1.165) is 0 Å². The molecule has 0 radical (unpaired) electrons. The summed E-state index contributed by atoms with van der Waals surface area (Å²) in [4.78, 5) is 24.3. The summed E-state index contributed by atoms with van der Waals surface area (Å²) >= 11 is 0. The first-order valence-corrected chi connectivity index (χ1v) is 9.72. The molecule has 1 rings (SSSR count). The molecule has 4 N–H and O–H groups in total. The number of amides is 1. The molecule has 30 heavy (non-hydrogen) atoms. The molecule has 2 unspecified atom stereocenters. The number of hydrogen-bond acceptors (Lipinski definition) is 6. The molecule has 0 bridgehead atoms. The van der Waals surface area contributed by atoms with Crippen LogP contribution in [-0.2, 0) is 20.9 Å². The van der Waals surface area contributed by atoms with Gasteiger partial charge in [-0.2, -0.15) is 8.78 Å². The molecule has 1 amide bonds. The predicted molar refractivity (Wildman–Crippen MR) is 108 cm³/mol. The largest absolute Gasteiger partial charge is 0.460 e. The van der Waals surface area contributed by atoms with Gasteiger partial charge in [0.05, 0.1) is 6.54 Å². The number of nitrogens with two attached hydrogens (primary N) is 1. The van der Waals surface area contributed by atoms with Gasteiger partial charge in [0.1, 0.15) is 18.1 Å². The van der Waals surface area contributed by atoms with Gasteiger partial charge < -0.3 is 19.9 Å². The van der Waals surface area contributed by atoms with Crippen molar-refractivity contribution in [2.75, 3.05) is 6.54 Å². The number of benzene rings is 1. The highest BCUT2D eigenvalue weighted by molar-refractivity contribution is 5.74. The molecule has 1 aromatic rings. The molecule has 0 fully saturated rings. The molecule has 9 heteroatoms. The van der Waals surface area contributed by atoms with Crippen molar-refractivity contribution in [1.82, 2.24) is 5.32 Å². The van der Waals surface area contributed by atoms with Crippen LogP contribution < -0.4 is 11.1 Å². The Kier molecular flexibility index (Phi) is 8.74. The highest BCUT2D eigenvalue weighted by Crippen LogP contribution is 2.35. The van der Waals surface area contributed by atoms with Crippen LogP contribution in [0.5, 0.6) is 0 Å². The molecule has 7 nitrogen and oxygen atoms in total. The summed E-state index contributed by atoms with van der Waals surface area (Å²) in [5, 5.41) is 12.4. The van der Waals surface area contributed by atoms with Crippen LogP contribution in [0.3, 0.4) is 0 Å². The van der Waals surface area contributed by atoms with E-state index in [-0.39, 0.29) is 18.9 Å². The van der Waals surface area contributed by atoms with E-state index in [1.807, 2.05) is 5.32 Å². The van der Waals surface area contributed by atoms with Gasteiger partial charge in [0.25, 0.3) is 0 Å². The third-order valence-corrected chi connectivity index (χ3v) is 4.19. The van der Waals surface area contributed by atoms with Crippen molar-refractivity contribution in [2.24, 2.45) is 17.6 Å². The van der Waals surface area contributed by atoms with Crippen molar-refractivity contribution in [1.29, 1.82) is 0 Å². The van der Waals surface area contributed by atoms with E-state index in [4.69, 9.17) is 15.2 Å². The zero-order valence-corrected chi connectivity index (χ0v) is 18.1. The standard InChI is InChI=1S/C21H32F2N2O5/c1-14(2)11-16(17(26)29-12-15-9-7-6-8-10-15)21(24,28)20(22,23)13-25-18(27)30-19(3,4)5/h6-10,14,16,28H,11-13,24H2,1-5H3,(H,25,27). The maximum absolute atomic E-state index is 14.8. The highest BCUT2D eigenvalue weighted by atomic mass is 19.3. The van der Waals surface area contributed by atoms with Crippen molar-refractivity contribution in [3.63, 3.8) is 0 Å². The van der Waals surface area contributed by atoms with E-state index >= 15 is 0 Å². The van der Waals surface area contributed by atoms with Crippen molar-refractivity contribution in [2.45, 2.75) is 64.9 Å². The van der Waals surface area contributed by atoms with Crippen molar-refractivity contribution in [3.8, 4) is 0 Å². The van der Waals surface area contributed by atoms with E-state index in [2.05, 4.69) is 0 Å². The number of carbonyl (C=O) groups is 2. The molecular weight excluding hydrogens is 398 g/mol. The minimum atomic E-state index is -4.03. The van der Waals surface area contributed by atoms with Crippen LogP contribution in [0.25, 0.3) is 0 Å². The van der Waals surface area contributed by atoms with Gasteiger partial charge in [-0.05, 0) is 38.7 Å². The molecule has 0 aliphatic heterocycles. The second-order valence-electron chi connectivity index (χ2n) is 8.66. The van der Waals surface area contributed by atoms with E-state index in [1.54, 1.807) is 65.0 Å². The average Bonchev–Trinajstić information content (AvgIpc) is 2.61. The molecule has 1 aromatic carbocycles. The molecule has 0 aliphatic rings. The van der Waals surface area contributed by atoms with Gasteiger partial charge in [-0.1, -0.05) is 44.2 Å². The number of nitrogens with one attached hydrogen (secondary N) is 1. The van der Waals surface area contributed by atoms with Gasteiger partial charge in [-0.15, -0.1) is 0 Å². The Morgan fingerprint density at radius 3 is 2.23 bits per heavy atom. The lowest BCUT2D eigenvalue weighted by Gasteiger charge is -2.38. The molecule has 0 aromatic heterocycles. The lowest BCUT2D eigenvalue weighted by molar-refractivity contribution is -0.215. The van der Waals surface area contributed by atoms with E-state index in [1.165, 1.54) is 0 Å². The number of alkyl carbamates (subject to hydrolysis) is 1. The first-order chi connectivity index (χ1) is 13.7. The van der Waals surface area contributed by atoms with Crippen molar-refractivity contribution in [3.05, 3.63) is 35.9 Å². The van der Waals surface area contributed by atoms with Crippen LogP contribution in [0.2, 0.25) is 0 Å². The third-order valence-electron chi connectivity index (χ3n) is 4.19. The monoisotopic (exact) mass is 430 g/mol. The zero-order valence-electron chi connectivity index (χ0n) is 18.1. The lowest BCUT2D eigenvalue weighted by atomic mass is 9.84. The number of alkyl halides is 2. The second kappa shape index (κ2) is 10.2. The molecule has 0 aliphatic carbocycles. The predicted octanol–water partition coefficient (Wildman–Crippen LogP) is 3.20. The number of aliphatic hydroxyl groups is 1. The molecule has 0 saturated carbocycles. The topological polar surface area (TPSA) is 111 Å². The quantitative estimate of drug-likeness (QED) is 0.410. The van der Waals surface area contributed by atoms with Gasteiger partial charge in [-0.25, -0.2) is 4.79 Å². The minimum absolute atomic E-state index is 0.136. The minimum Gasteiger partial charge on any atom is -0.460 e. The van der Waals surface area contributed by atoms with Crippen LogP contribution in [0.4, 0.5) is 13.6 Å². The smallest absolute Gasteiger partial charge is 0.407 e. The van der Waals surface area contributed by atoms with Crippen LogP contribution in [0, 0.1) is 11.8 Å². The Morgan fingerprint density at radius 1 is 1.17 bits per heavy atom. The van der Waals surface area contributed by atoms with E-state index < -0.39 is 41.8 Å². The second-order valence-corrected chi connectivity index (χ2v) is 8.66. The van der Waals surface area contributed by atoms with Crippen molar-refractivity contribution < 1.29 is 33.0 Å². The summed E-state index contributed by atoms with van der Waals surface area (Å²) in [6.45, 7) is 6.67. The van der Waals surface area contributed by atoms with Gasteiger partial charge in [-0.3, -0.25) is 10.5 Å². The average molecular weight is 430 g/mol. The molecule has 170 valence electrons. The van der Waals surface area contributed by atoms with Gasteiger partial charge in [0.2, 0.25) is 0 Å². The van der Waals surface area contributed by atoms with Gasteiger partial charge in [0.15, 0.2) is 5.72 Å². The molecule has 0 saturated heterocycles. The number of hydrogen-bond donors (Lipinski definition) is 3. The number of ether oxygens (including phenoxy) is 2. The molecular formula is C21H32F2N2O5. The first-order valence-electron chi connectivity index (χ1n) is 9.72. The van der Waals surface area contributed by atoms with Crippen molar-refractivity contribution >= 4 is 12.1 Å².